The minimum absolute atomic E-state index is 0.0957. The summed E-state index contributed by atoms with van der Waals surface area (Å²) in [5, 5.41) is 0. The zero-order valence-corrected chi connectivity index (χ0v) is 26.6. The summed E-state index contributed by atoms with van der Waals surface area (Å²) in [6.45, 7) is 6.00. The number of carbonyl (C=O) groups excluding carboxylic acids is 1. The number of rotatable bonds is 28. The Labute approximate surface area is 254 Å². The minimum atomic E-state index is -0.0957. The maximum absolute atomic E-state index is 12.3. The van der Waals surface area contributed by atoms with Gasteiger partial charge < -0.3 is 4.74 Å². The van der Waals surface area contributed by atoms with Crippen molar-refractivity contribution < 1.29 is 9.53 Å². The number of aryl methyl sites for hydroxylation is 1. The first-order valence-electron chi connectivity index (χ1n) is 17.1. The number of allylic oxidation sites excluding steroid dienone is 7. The van der Waals surface area contributed by atoms with Crippen molar-refractivity contribution >= 4 is 5.97 Å². The molecule has 0 saturated carbocycles. The molecule has 0 atom stereocenters. The van der Waals surface area contributed by atoms with Crippen LogP contribution in [0, 0.1) is 0 Å². The van der Waals surface area contributed by atoms with Crippen molar-refractivity contribution in [2.75, 3.05) is 0 Å². The molecule has 0 fully saturated rings. The van der Waals surface area contributed by atoms with E-state index in [1.54, 1.807) is 0 Å². The Kier molecular flexibility index (Phi) is 26.1. The molecule has 41 heavy (non-hydrogen) atoms. The molecular formula is C39H62O2. The smallest absolute Gasteiger partial charge is 0.311 e. The molecule has 0 heterocycles. The van der Waals surface area contributed by atoms with Crippen LogP contribution in [0.25, 0.3) is 0 Å². The van der Waals surface area contributed by atoms with Gasteiger partial charge in [-0.05, 0) is 88.3 Å². The lowest BCUT2D eigenvalue weighted by Gasteiger charge is -2.07. The average molecular weight is 563 g/mol. The highest BCUT2D eigenvalue weighted by molar-refractivity contribution is 5.72. The number of esters is 1. The van der Waals surface area contributed by atoms with Gasteiger partial charge in [0.1, 0.15) is 5.75 Å². The summed E-state index contributed by atoms with van der Waals surface area (Å²) in [6, 6.07) is 8.12. The van der Waals surface area contributed by atoms with Gasteiger partial charge in [-0.3, -0.25) is 4.79 Å². The molecule has 2 nitrogen and oxygen atoms in total. The number of hydrogen-bond acceptors (Lipinski definition) is 2. The maximum Gasteiger partial charge on any atom is 0.311 e. The predicted molar refractivity (Wildman–Crippen MR) is 181 cm³/mol. The van der Waals surface area contributed by atoms with E-state index in [0.29, 0.717) is 12.2 Å². The van der Waals surface area contributed by atoms with E-state index in [0.717, 1.165) is 32.1 Å². The van der Waals surface area contributed by atoms with Crippen LogP contribution in [-0.2, 0) is 11.2 Å². The summed E-state index contributed by atoms with van der Waals surface area (Å²) >= 11 is 0. The van der Waals surface area contributed by atoms with Crippen molar-refractivity contribution in [2.45, 2.75) is 155 Å². The van der Waals surface area contributed by atoms with Crippen LogP contribution in [-0.4, -0.2) is 5.97 Å². The first-order valence-corrected chi connectivity index (χ1v) is 17.1. The third-order valence-electron chi connectivity index (χ3n) is 7.52. The first kappa shape index (κ1) is 36.7. The Morgan fingerprint density at radius 2 is 1.20 bits per heavy atom. The molecular weight excluding hydrogens is 500 g/mol. The van der Waals surface area contributed by atoms with Gasteiger partial charge in [0.05, 0.1) is 0 Å². The molecule has 1 aromatic carbocycles. The van der Waals surface area contributed by atoms with E-state index >= 15 is 0 Å². The first-order chi connectivity index (χ1) is 20.3. The van der Waals surface area contributed by atoms with Crippen molar-refractivity contribution in [2.24, 2.45) is 0 Å². The number of ether oxygens (including phenoxy) is 1. The second-order valence-electron chi connectivity index (χ2n) is 11.5. The van der Waals surface area contributed by atoms with E-state index in [1.165, 1.54) is 115 Å². The third kappa shape index (κ3) is 25.1. The Morgan fingerprint density at radius 1 is 0.659 bits per heavy atom. The lowest BCUT2D eigenvalue weighted by atomic mass is 10.0. The predicted octanol–water partition coefficient (Wildman–Crippen LogP) is 12.6. The van der Waals surface area contributed by atoms with Crippen LogP contribution in [0.3, 0.4) is 0 Å². The molecule has 0 radical (unpaired) electrons. The summed E-state index contributed by atoms with van der Waals surface area (Å²) in [4.78, 5) is 12.3. The van der Waals surface area contributed by atoms with Gasteiger partial charge in [-0.25, -0.2) is 0 Å². The van der Waals surface area contributed by atoms with E-state index in [-0.39, 0.29) is 5.97 Å². The largest absolute Gasteiger partial charge is 0.427 e. The molecule has 0 N–H and O–H groups in total. The molecule has 0 bridgehead atoms. The zero-order chi connectivity index (χ0) is 29.5. The van der Waals surface area contributed by atoms with Crippen LogP contribution < -0.4 is 4.74 Å². The molecule has 1 rings (SSSR count). The van der Waals surface area contributed by atoms with Crippen LogP contribution in [0.1, 0.15) is 154 Å². The van der Waals surface area contributed by atoms with E-state index in [1.807, 2.05) is 24.3 Å². The third-order valence-corrected chi connectivity index (χ3v) is 7.52. The fourth-order valence-electron chi connectivity index (χ4n) is 4.99. The summed E-state index contributed by atoms with van der Waals surface area (Å²) in [6.07, 6.45) is 43.1. The van der Waals surface area contributed by atoms with Gasteiger partial charge in [0.15, 0.2) is 0 Å². The van der Waals surface area contributed by atoms with Gasteiger partial charge in [0.25, 0.3) is 0 Å². The topological polar surface area (TPSA) is 26.3 Å². The minimum Gasteiger partial charge on any atom is -0.427 e. The summed E-state index contributed by atoms with van der Waals surface area (Å²) < 4.78 is 5.63. The molecule has 0 unspecified atom stereocenters. The van der Waals surface area contributed by atoms with E-state index in [2.05, 4.69) is 56.0 Å². The Hall–Kier alpha value is -2.35. The van der Waals surface area contributed by atoms with Crippen LogP contribution in [0.4, 0.5) is 0 Å². The molecule has 0 aliphatic carbocycles. The zero-order valence-electron chi connectivity index (χ0n) is 26.6. The van der Waals surface area contributed by atoms with Gasteiger partial charge >= 0.3 is 5.97 Å². The number of carbonyl (C=O) groups is 1. The van der Waals surface area contributed by atoms with Crippen molar-refractivity contribution in [1.29, 1.82) is 0 Å². The monoisotopic (exact) mass is 562 g/mol. The Bertz CT molecular complexity index is 832. The summed E-state index contributed by atoms with van der Waals surface area (Å²) in [5.41, 5.74) is 1.27. The molecule has 2 heteroatoms. The molecule has 0 aliphatic heterocycles. The van der Waals surface area contributed by atoms with Crippen molar-refractivity contribution in [1.82, 2.24) is 0 Å². The Morgan fingerprint density at radius 3 is 1.85 bits per heavy atom. The van der Waals surface area contributed by atoms with E-state index in [4.69, 9.17) is 4.74 Å². The van der Waals surface area contributed by atoms with Crippen LogP contribution in [0.5, 0.6) is 5.75 Å². The highest BCUT2D eigenvalue weighted by Gasteiger charge is 2.06. The average Bonchev–Trinajstić information content (AvgIpc) is 2.97. The number of unbranched alkanes of at least 4 members (excludes halogenated alkanes) is 16. The molecule has 230 valence electrons. The summed E-state index contributed by atoms with van der Waals surface area (Å²) in [7, 11) is 0. The summed E-state index contributed by atoms with van der Waals surface area (Å²) in [5.74, 6) is 0.605. The molecule has 0 spiro atoms. The molecule has 0 aromatic heterocycles. The van der Waals surface area contributed by atoms with Crippen molar-refractivity contribution in [3.8, 4) is 5.75 Å². The van der Waals surface area contributed by atoms with Gasteiger partial charge in [-0.1, -0.05) is 132 Å². The quantitative estimate of drug-likeness (QED) is 0.0439. The fourth-order valence-corrected chi connectivity index (χ4v) is 4.99. The highest BCUT2D eigenvalue weighted by atomic mass is 16.5. The molecule has 0 aliphatic rings. The molecule has 1 aromatic rings. The molecule has 0 saturated heterocycles. The number of benzene rings is 1. The fraction of sp³-hybridized carbons (Fsp3) is 0.615. The van der Waals surface area contributed by atoms with Gasteiger partial charge in [-0.15, -0.1) is 6.58 Å². The lowest BCUT2D eigenvalue weighted by molar-refractivity contribution is -0.134. The van der Waals surface area contributed by atoms with Crippen molar-refractivity contribution in [3.05, 3.63) is 78.9 Å². The van der Waals surface area contributed by atoms with E-state index < -0.39 is 0 Å². The highest BCUT2D eigenvalue weighted by Crippen LogP contribution is 2.18. The van der Waals surface area contributed by atoms with Gasteiger partial charge in [0, 0.05) is 6.42 Å². The second-order valence-corrected chi connectivity index (χ2v) is 11.5. The Balaban J connectivity index is 1.99. The number of hydrogen-bond donors (Lipinski definition) is 0. The van der Waals surface area contributed by atoms with Crippen LogP contribution in [0.15, 0.2) is 73.4 Å². The van der Waals surface area contributed by atoms with Crippen LogP contribution >= 0.6 is 0 Å². The van der Waals surface area contributed by atoms with E-state index in [9.17, 15) is 4.79 Å². The van der Waals surface area contributed by atoms with Crippen LogP contribution in [0.2, 0.25) is 0 Å². The maximum atomic E-state index is 12.3. The van der Waals surface area contributed by atoms with Gasteiger partial charge in [-0.2, -0.15) is 0 Å². The van der Waals surface area contributed by atoms with Gasteiger partial charge in [0.2, 0.25) is 0 Å². The standard InChI is InChI=1S/C39H62O2/c1-3-5-7-9-11-13-15-17-18-20-22-24-26-28-30-35-39(40)41-38-34-31-33-37(36-38)32-29-27-25-23-21-19-16-14-12-10-8-6-4-2/h4,8,10,14,16-18,31,33-34,36H,2-3,5-7,9,11-13,15,19-30,32,35H2,1H3/b10-8-,16-14-,18-17-. The normalized spacial score (nSPS) is 11.7. The molecule has 0 amide bonds. The SMILES string of the molecule is C=CC/C=C\C/C=C\CCCCCCCc1cccc(OC(=O)CCCCCCC/C=C\CCCCCCCC)c1. The van der Waals surface area contributed by atoms with Crippen molar-refractivity contribution in [3.63, 3.8) is 0 Å². The second kappa shape index (κ2) is 29.2. The lowest BCUT2D eigenvalue weighted by Crippen LogP contribution is -2.07.